The van der Waals surface area contributed by atoms with Crippen molar-refractivity contribution < 1.29 is 0 Å². The molecule has 1 atom stereocenters. The van der Waals surface area contributed by atoms with Crippen LogP contribution in [0.25, 0.3) is 10.9 Å². The summed E-state index contributed by atoms with van der Waals surface area (Å²) in [5.74, 6) is 0. The van der Waals surface area contributed by atoms with Crippen LogP contribution in [0.2, 0.25) is 0 Å². The van der Waals surface area contributed by atoms with E-state index in [2.05, 4.69) is 33.3 Å². The zero-order valence-corrected chi connectivity index (χ0v) is 11.3. The predicted octanol–water partition coefficient (Wildman–Crippen LogP) is 2.72. The molecule has 20 heavy (non-hydrogen) atoms. The zero-order chi connectivity index (χ0) is 13.8. The standard InChI is InChI=1S/C16H16N4/c1-2-18-16(15-11-17-9-10-20-15)13-7-8-19-14-6-4-3-5-12(13)14/h3-11,16,18H,2H2,1H3. The van der Waals surface area contributed by atoms with Crippen molar-refractivity contribution in [1.29, 1.82) is 0 Å². The lowest BCUT2D eigenvalue weighted by Crippen LogP contribution is -2.23. The largest absolute Gasteiger partial charge is 0.305 e. The number of nitrogens with zero attached hydrogens (tertiary/aromatic N) is 3. The molecule has 0 spiro atoms. The van der Waals surface area contributed by atoms with E-state index in [4.69, 9.17) is 0 Å². The van der Waals surface area contributed by atoms with Gasteiger partial charge in [0, 0.05) is 24.0 Å². The summed E-state index contributed by atoms with van der Waals surface area (Å²) >= 11 is 0. The summed E-state index contributed by atoms with van der Waals surface area (Å²) in [6.45, 7) is 2.95. The number of rotatable bonds is 4. The third-order valence-corrected chi connectivity index (χ3v) is 3.28. The van der Waals surface area contributed by atoms with Crippen molar-refractivity contribution in [3.05, 3.63) is 66.4 Å². The van der Waals surface area contributed by atoms with Gasteiger partial charge in [0.05, 0.1) is 23.4 Å². The van der Waals surface area contributed by atoms with Crippen molar-refractivity contribution in [3.63, 3.8) is 0 Å². The first-order valence-corrected chi connectivity index (χ1v) is 6.73. The summed E-state index contributed by atoms with van der Waals surface area (Å²) in [4.78, 5) is 13.0. The number of nitrogens with one attached hydrogen (secondary N) is 1. The Kier molecular flexibility index (Phi) is 3.65. The molecular weight excluding hydrogens is 248 g/mol. The quantitative estimate of drug-likeness (QED) is 0.787. The molecule has 2 heterocycles. The number of benzene rings is 1. The topological polar surface area (TPSA) is 50.7 Å². The van der Waals surface area contributed by atoms with Crippen LogP contribution < -0.4 is 5.32 Å². The van der Waals surface area contributed by atoms with Gasteiger partial charge in [-0.1, -0.05) is 25.1 Å². The lowest BCUT2D eigenvalue weighted by molar-refractivity contribution is 0.616. The Morgan fingerprint density at radius 2 is 1.95 bits per heavy atom. The van der Waals surface area contributed by atoms with Crippen molar-refractivity contribution in [1.82, 2.24) is 20.3 Å². The first-order valence-electron chi connectivity index (χ1n) is 6.73. The molecule has 100 valence electrons. The summed E-state index contributed by atoms with van der Waals surface area (Å²) in [6, 6.07) is 10.2. The Morgan fingerprint density at radius 3 is 2.75 bits per heavy atom. The fourth-order valence-corrected chi connectivity index (χ4v) is 2.41. The van der Waals surface area contributed by atoms with E-state index in [0.29, 0.717) is 0 Å². The highest BCUT2D eigenvalue weighted by atomic mass is 14.9. The Hall–Kier alpha value is -2.33. The van der Waals surface area contributed by atoms with E-state index in [1.54, 1.807) is 12.4 Å². The molecule has 4 heteroatoms. The summed E-state index contributed by atoms with van der Waals surface area (Å²) in [5.41, 5.74) is 3.10. The van der Waals surface area contributed by atoms with Crippen LogP contribution in [0.1, 0.15) is 24.2 Å². The van der Waals surface area contributed by atoms with Crippen LogP contribution in [0.15, 0.2) is 55.1 Å². The monoisotopic (exact) mass is 264 g/mol. The van der Waals surface area contributed by atoms with Gasteiger partial charge in [0.15, 0.2) is 0 Å². The van der Waals surface area contributed by atoms with Crippen molar-refractivity contribution in [3.8, 4) is 0 Å². The molecule has 1 aromatic carbocycles. The van der Waals surface area contributed by atoms with Crippen LogP contribution in [-0.2, 0) is 0 Å². The van der Waals surface area contributed by atoms with Crippen LogP contribution in [0.4, 0.5) is 0 Å². The van der Waals surface area contributed by atoms with Gasteiger partial charge in [0.1, 0.15) is 0 Å². The van der Waals surface area contributed by atoms with Crippen molar-refractivity contribution in [2.24, 2.45) is 0 Å². The highest BCUT2D eigenvalue weighted by Gasteiger charge is 2.17. The summed E-state index contributed by atoms with van der Waals surface area (Å²) in [7, 11) is 0. The maximum atomic E-state index is 4.44. The molecule has 2 aromatic heterocycles. The maximum Gasteiger partial charge on any atom is 0.0801 e. The fraction of sp³-hybridized carbons (Fsp3) is 0.188. The Balaban J connectivity index is 2.15. The molecule has 0 radical (unpaired) electrons. The highest BCUT2D eigenvalue weighted by Crippen LogP contribution is 2.26. The van der Waals surface area contributed by atoms with Crippen LogP contribution in [0.5, 0.6) is 0 Å². The minimum absolute atomic E-state index is 0.0293. The highest BCUT2D eigenvalue weighted by molar-refractivity contribution is 5.82. The number of aromatic nitrogens is 3. The smallest absolute Gasteiger partial charge is 0.0801 e. The fourth-order valence-electron chi connectivity index (χ4n) is 2.41. The summed E-state index contributed by atoms with van der Waals surface area (Å²) in [6.07, 6.45) is 7.07. The molecule has 0 aliphatic carbocycles. The van der Waals surface area contributed by atoms with Gasteiger partial charge in [-0.15, -0.1) is 0 Å². The van der Waals surface area contributed by atoms with Gasteiger partial charge in [-0.05, 0) is 24.2 Å². The first kappa shape index (κ1) is 12.7. The van der Waals surface area contributed by atoms with Gasteiger partial charge in [-0.25, -0.2) is 0 Å². The zero-order valence-electron chi connectivity index (χ0n) is 11.3. The van der Waals surface area contributed by atoms with Gasteiger partial charge in [-0.3, -0.25) is 15.0 Å². The molecule has 4 nitrogen and oxygen atoms in total. The van der Waals surface area contributed by atoms with E-state index >= 15 is 0 Å². The van der Waals surface area contributed by atoms with E-state index in [9.17, 15) is 0 Å². The number of fused-ring (bicyclic) bond motifs is 1. The van der Waals surface area contributed by atoms with Gasteiger partial charge in [0.25, 0.3) is 0 Å². The molecule has 0 aliphatic rings. The van der Waals surface area contributed by atoms with Crippen LogP contribution in [-0.4, -0.2) is 21.5 Å². The minimum Gasteiger partial charge on any atom is -0.305 e. The van der Waals surface area contributed by atoms with Crippen LogP contribution in [0.3, 0.4) is 0 Å². The van der Waals surface area contributed by atoms with Crippen molar-refractivity contribution in [2.45, 2.75) is 13.0 Å². The van der Waals surface area contributed by atoms with Crippen molar-refractivity contribution >= 4 is 10.9 Å². The number of pyridine rings is 1. The Bertz CT molecular complexity index is 692. The second-order valence-electron chi connectivity index (χ2n) is 4.54. The molecule has 0 bridgehead atoms. The van der Waals surface area contributed by atoms with Gasteiger partial charge < -0.3 is 5.32 Å². The van der Waals surface area contributed by atoms with Gasteiger partial charge >= 0.3 is 0 Å². The molecule has 0 amide bonds. The number of para-hydroxylation sites is 1. The third kappa shape index (κ3) is 2.38. The number of hydrogen-bond donors (Lipinski definition) is 1. The van der Waals surface area contributed by atoms with E-state index in [1.165, 1.54) is 5.56 Å². The minimum atomic E-state index is 0.0293. The Labute approximate surface area is 117 Å². The molecule has 0 aliphatic heterocycles. The Morgan fingerprint density at radius 1 is 1.05 bits per heavy atom. The van der Waals surface area contributed by atoms with Gasteiger partial charge in [-0.2, -0.15) is 0 Å². The van der Waals surface area contributed by atoms with E-state index in [1.807, 2.05) is 36.7 Å². The van der Waals surface area contributed by atoms with E-state index in [0.717, 1.165) is 23.1 Å². The second-order valence-corrected chi connectivity index (χ2v) is 4.54. The average Bonchev–Trinajstić information content (AvgIpc) is 2.53. The molecule has 0 saturated heterocycles. The normalized spacial score (nSPS) is 12.4. The molecule has 1 N–H and O–H groups in total. The predicted molar refractivity (Wildman–Crippen MR) is 79.3 cm³/mol. The molecule has 0 saturated carbocycles. The average molecular weight is 264 g/mol. The molecule has 3 aromatic rings. The van der Waals surface area contributed by atoms with E-state index in [-0.39, 0.29) is 6.04 Å². The molecular formula is C16H16N4. The van der Waals surface area contributed by atoms with Crippen LogP contribution >= 0.6 is 0 Å². The number of hydrogen-bond acceptors (Lipinski definition) is 4. The van der Waals surface area contributed by atoms with Crippen molar-refractivity contribution in [2.75, 3.05) is 6.54 Å². The van der Waals surface area contributed by atoms with Crippen LogP contribution in [0, 0.1) is 0 Å². The SMILES string of the molecule is CCNC(c1cnccn1)c1ccnc2ccccc12. The summed E-state index contributed by atoms with van der Waals surface area (Å²) in [5, 5.41) is 4.62. The molecule has 0 fully saturated rings. The first-order chi connectivity index (χ1) is 9.90. The lowest BCUT2D eigenvalue weighted by Gasteiger charge is -2.19. The molecule has 3 rings (SSSR count). The maximum absolute atomic E-state index is 4.44. The van der Waals surface area contributed by atoms with E-state index < -0.39 is 0 Å². The molecule has 1 unspecified atom stereocenters. The van der Waals surface area contributed by atoms with Gasteiger partial charge in [0.2, 0.25) is 0 Å². The lowest BCUT2D eigenvalue weighted by atomic mass is 9.99. The second kappa shape index (κ2) is 5.75. The summed E-state index contributed by atoms with van der Waals surface area (Å²) < 4.78 is 0. The third-order valence-electron chi connectivity index (χ3n) is 3.28.